The maximum absolute atomic E-state index is 5.49. The molecule has 3 aromatic rings. The summed E-state index contributed by atoms with van der Waals surface area (Å²) in [5.41, 5.74) is 4.21. The van der Waals surface area contributed by atoms with Crippen molar-refractivity contribution in [2.75, 3.05) is 7.11 Å². The van der Waals surface area contributed by atoms with Crippen LogP contribution in [0.5, 0.6) is 5.75 Å². The second-order valence-electron chi connectivity index (χ2n) is 4.60. The van der Waals surface area contributed by atoms with Gasteiger partial charge < -0.3 is 4.74 Å². The fraction of sp³-hybridized carbons (Fsp3) is 0.118. The van der Waals surface area contributed by atoms with Gasteiger partial charge in [0.1, 0.15) is 5.75 Å². The average molecular weight is 249 g/mol. The van der Waals surface area contributed by atoms with Crippen LogP contribution in [-0.2, 0) is 0 Å². The van der Waals surface area contributed by atoms with Crippen molar-refractivity contribution in [1.29, 1.82) is 0 Å². The fourth-order valence-electron chi connectivity index (χ4n) is 2.23. The van der Waals surface area contributed by atoms with Gasteiger partial charge in [-0.3, -0.25) is 0 Å². The second-order valence-corrected chi connectivity index (χ2v) is 4.60. The van der Waals surface area contributed by atoms with Crippen molar-refractivity contribution < 1.29 is 4.74 Å². The minimum atomic E-state index is 0.865. The number of benzene rings is 2. The average Bonchev–Trinajstić information content (AvgIpc) is 2.46. The van der Waals surface area contributed by atoms with Crippen molar-refractivity contribution in [3.63, 3.8) is 0 Å². The van der Waals surface area contributed by atoms with E-state index in [1.54, 1.807) is 7.11 Å². The molecule has 0 saturated heterocycles. The molecule has 2 heteroatoms. The largest absolute Gasteiger partial charge is 0.496 e. The number of aromatic nitrogens is 1. The molecule has 0 atom stereocenters. The minimum Gasteiger partial charge on any atom is -0.496 e. The molecule has 1 heterocycles. The van der Waals surface area contributed by atoms with E-state index in [4.69, 9.17) is 9.72 Å². The lowest BCUT2D eigenvalue weighted by molar-refractivity contribution is 0.419. The monoisotopic (exact) mass is 249 g/mol. The summed E-state index contributed by atoms with van der Waals surface area (Å²) in [5, 5.41) is 1.05. The van der Waals surface area contributed by atoms with Crippen LogP contribution in [0.25, 0.3) is 22.2 Å². The van der Waals surface area contributed by atoms with E-state index in [1.807, 2.05) is 24.3 Å². The number of aryl methyl sites for hydroxylation is 1. The van der Waals surface area contributed by atoms with Crippen molar-refractivity contribution in [3.8, 4) is 17.0 Å². The van der Waals surface area contributed by atoms with Crippen LogP contribution in [0.1, 0.15) is 5.56 Å². The Balaban J connectivity index is 2.27. The van der Waals surface area contributed by atoms with Crippen LogP contribution < -0.4 is 4.74 Å². The molecule has 3 rings (SSSR count). The highest BCUT2D eigenvalue weighted by atomic mass is 16.5. The van der Waals surface area contributed by atoms with E-state index in [-0.39, 0.29) is 0 Å². The Morgan fingerprint density at radius 3 is 2.47 bits per heavy atom. The zero-order valence-corrected chi connectivity index (χ0v) is 11.1. The number of fused-ring (bicyclic) bond motifs is 1. The highest BCUT2D eigenvalue weighted by Crippen LogP contribution is 2.30. The molecule has 2 aromatic carbocycles. The third-order valence-corrected chi connectivity index (χ3v) is 3.22. The first-order valence-electron chi connectivity index (χ1n) is 6.29. The molecule has 0 amide bonds. The molecule has 0 N–H and O–H groups in total. The van der Waals surface area contributed by atoms with Crippen molar-refractivity contribution in [1.82, 2.24) is 4.98 Å². The number of nitrogens with zero attached hydrogens (tertiary/aromatic N) is 1. The van der Waals surface area contributed by atoms with Gasteiger partial charge >= 0.3 is 0 Å². The van der Waals surface area contributed by atoms with Crippen molar-refractivity contribution in [2.45, 2.75) is 6.92 Å². The van der Waals surface area contributed by atoms with E-state index < -0.39 is 0 Å². The van der Waals surface area contributed by atoms with Gasteiger partial charge in [-0.05, 0) is 24.6 Å². The topological polar surface area (TPSA) is 22.1 Å². The maximum atomic E-state index is 5.49. The molecule has 0 aliphatic heterocycles. The molecule has 0 saturated carbocycles. The first-order chi connectivity index (χ1) is 9.28. The van der Waals surface area contributed by atoms with Crippen molar-refractivity contribution in [3.05, 3.63) is 60.2 Å². The Morgan fingerprint density at radius 1 is 0.947 bits per heavy atom. The Kier molecular flexibility index (Phi) is 2.92. The molecule has 0 spiro atoms. The van der Waals surface area contributed by atoms with Crippen LogP contribution in [0.4, 0.5) is 0 Å². The SMILES string of the molecule is COc1cc(-c2ccccc2)nc2cc(C)ccc12. The van der Waals surface area contributed by atoms with Crippen LogP contribution in [-0.4, -0.2) is 12.1 Å². The molecule has 2 nitrogen and oxygen atoms in total. The molecule has 0 bridgehead atoms. The predicted molar refractivity (Wildman–Crippen MR) is 78.5 cm³/mol. The lowest BCUT2D eigenvalue weighted by Gasteiger charge is -2.09. The lowest BCUT2D eigenvalue weighted by atomic mass is 10.1. The molecule has 19 heavy (non-hydrogen) atoms. The zero-order valence-electron chi connectivity index (χ0n) is 11.1. The molecule has 0 radical (unpaired) electrons. The highest BCUT2D eigenvalue weighted by Gasteiger charge is 2.07. The Labute approximate surface area is 112 Å². The number of rotatable bonds is 2. The van der Waals surface area contributed by atoms with Gasteiger partial charge in [0.2, 0.25) is 0 Å². The highest BCUT2D eigenvalue weighted by molar-refractivity contribution is 5.88. The molecular weight excluding hydrogens is 234 g/mol. The standard InChI is InChI=1S/C17H15NO/c1-12-8-9-14-16(10-12)18-15(11-17(14)19-2)13-6-4-3-5-7-13/h3-11H,1-2H3. The van der Waals surface area contributed by atoms with Crippen molar-refractivity contribution >= 4 is 10.9 Å². The predicted octanol–water partition coefficient (Wildman–Crippen LogP) is 4.22. The van der Waals surface area contributed by atoms with Crippen LogP contribution in [0.3, 0.4) is 0 Å². The second kappa shape index (κ2) is 4.73. The van der Waals surface area contributed by atoms with Gasteiger partial charge in [0.25, 0.3) is 0 Å². The molecule has 1 aromatic heterocycles. The van der Waals surface area contributed by atoms with E-state index in [0.29, 0.717) is 0 Å². The normalized spacial score (nSPS) is 10.6. The van der Waals surface area contributed by atoms with Gasteiger partial charge in [-0.2, -0.15) is 0 Å². The summed E-state index contributed by atoms with van der Waals surface area (Å²) in [5.74, 6) is 0.865. The Hall–Kier alpha value is -2.35. The molecule has 0 unspecified atom stereocenters. The van der Waals surface area contributed by atoms with E-state index >= 15 is 0 Å². The third kappa shape index (κ3) is 2.17. The summed E-state index contributed by atoms with van der Waals surface area (Å²) in [7, 11) is 1.70. The summed E-state index contributed by atoms with van der Waals surface area (Å²) in [6.45, 7) is 2.07. The number of hydrogen-bond acceptors (Lipinski definition) is 2. The maximum Gasteiger partial charge on any atom is 0.130 e. The smallest absolute Gasteiger partial charge is 0.130 e. The van der Waals surface area contributed by atoms with Crippen LogP contribution in [0.15, 0.2) is 54.6 Å². The van der Waals surface area contributed by atoms with Gasteiger partial charge in [-0.15, -0.1) is 0 Å². The van der Waals surface area contributed by atoms with E-state index in [0.717, 1.165) is 27.9 Å². The number of pyridine rings is 1. The number of methoxy groups -OCH3 is 1. The van der Waals surface area contributed by atoms with Crippen molar-refractivity contribution in [2.24, 2.45) is 0 Å². The molecule has 0 aliphatic carbocycles. The third-order valence-electron chi connectivity index (χ3n) is 3.22. The minimum absolute atomic E-state index is 0.865. The molecular formula is C17H15NO. The van der Waals surface area contributed by atoms with Crippen LogP contribution in [0.2, 0.25) is 0 Å². The molecule has 0 fully saturated rings. The van der Waals surface area contributed by atoms with Gasteiger partial charge in [0, 0.05) is 17.0 Å². The molecule has 94 valence electrons. The summed E-state index contributed by atoms with van der Waals surface area (Å²) in [6.07, 6.45) is 0. The first kappa shape index (κ1) is 11.7. The Bertz CT molecular complexity index is 720. The van der Waals surface area contributed by atoms with Gasteiger partial charge in [-0.1, -0.05) is 36.4 Å². The van der Waals surface area contributed by atoms with Crippen LogP contribution in [0, 0.1) is 6.92 Å². The molecule has 0 aliphatic rings. The van der Waals surface area contributed by atoms with Gasteiger partial charge in [-0.25, -0.2) is 4.98 Å². The number of ether oxygens (including phenoxy) is 1. The van der Waals surface area contributed by atoms with E-state index in [1.165, 1.54) is 5.56 Å². The van der Waals surface area contributed by atoms with E-state index in [9.17, 15) is 0 Å². The first-order valence-corrected chi connectivity index (χ1v) is 6.29. The summed E-state index contributed by atoms with van der Waals surface area (Å²) in [4.78, 5) is 4.73. The number of hydrogen-bond donors (Lipinski definition) is 0. The quantitative estimate of drug-likeness (QED) is 0.678. The summed E-state index contributed by atoms with van der Waals surface area (Å²) >= 11 is 0. The van der Waals surface area contributed by atoms with Gasteiger partial charge in [0.15, 0.2) is 0 Å². The van der Waals surface area contributed by atoms with E-state index in [2.05, 4.69) is 37.3 Å². The Morgan fingerprint density at radius 2 is 1.74 bits per heavy atom. The fourth-order valence-corrected chi connectivity index (χ4v) is 2.23. The zero-order chi connectivity index (χ0) is 13.2. The lowest BCUT2D eigenvalue weighted by Crippen LogP contribution is -1.91. The van der Waals surface area contributed by atoms with Gasteiger partial charge in [0.05, 0.1) is 18.3 Å². The summed E-state index contributed by atoms with van der Waals surface area (Å²) < 4.78 is 5.49. The van der Waals surface area contributed by atoms with Crippen LogP contribution >= 0.6 is 0 Å². The summed E-state index contributed by atoms with van der Waals surface area (Å²) in [6, 6.07) is 18.4.